The maximum atomic E-state index is 12.5. The molecule has 6 heteroatoms. The molecule has 6 nitrogen and oxygen atoms in total. The summed E-state index contributed by atoms with van der Waals surface area (Å²) in [6.07, 6.45) is 5.44. The zero-order chi connectivity index (χ0) is 19.9. The average molecular weight is 380 g/mol. The zero-order valence-electron chi connectivity index (χ0n) is 16.5. The van der Waals surface area contributed by atoms with E-state index in [1.807, 2.05) is 55.1 Å². The zero-order valence-corrected chi connectivity index (χ0v) is 16.5. The molecule has 3 amide bonds. The lowest BCUT2D eigenvalue weighted by Crippen LogP contribution is -2.47. The van der Waals surface area contributed by atoms with Crippen molar-refractivity contribution in [1.82, 2.24) is 20.5 Å². The van der Waals surface area contributed by atoms with Crippen molar-refractivity contribution in [3.05, 3.63) is 65.5 Å². The number of benzene rings is 1. The topological polar surface area (TPSA) is 74.3 Å². The minimum absolute atomic E-state index is 0.00920. The van der Waals surface area contributed by atoms with Crippen LogP contribution in [0.5, 0.6) is 0 Å². The van der Waals surface area contributed by atoms with Crippen molar-refractivity contribution in [1.29, 1.82) is 0 Å². The van der Waals surface area contributed by atoms with Crippen molar-refractivity contribution in [2.45, 2.75) is 45.2 Å². The highest BCUT2D eigenvalue weighted by molar-refractivity contribution is 5.94. The third-order valence-corrected chi connectivity index (χ3v) is 4.92. The number of carbonyl (C=O) groups excluding carboxylic acids is 2. The van der Waals surface area contributed by atoms with Crippen LogP contribution in [0, 0.1) is 0 Å². The molecule has 0 bridgehead atoms. The van der Waals surface area contributed by atoms with Crippen LogP contribution in [0.1, 0.15) is 54.1 Å². The molecular formula is C22H28N4O2. The lowest BCUT2D eigenvalue weighted by atomic mass is 9.89. The van der Waals surface area contributed by atoms with Gasteiger partial charge in [0.25, 0.3) is 5.91 Å². The molecule has 3 rings (SSSR count). The van der Waals surface area contributed by atoms with Crippen LogP contribution >= 0.6 is 0 Å². The van der Waals surface area contributed by atoms with Gasteiger partial charge in [-0.05, 0) is 56.0 Å². The number of pyridine rings is 1. The first kappa shape index (κ1) is 19.9. The van der Waals surface area contributed by atoms with E-state index in [1.165, 1.54) is 0 Å². The Morgan fingerprint density at radius 2 is 2.11 bits per heavy atom. The van der Waals surface area contributed by atoms with E-state index in [2.05, 4.69) is 15.6 Å². The van der Waals surface area contributed by atoms with E-state index in [-0.39, 0.29) is 23.9 Å². The summed E-state index contributed by atoms with van der Waals surface area (Å²) in [5.74, 6) is 0.147. The van der Waals surface area contributed by atoms with Gasteiger partial charge in [-0.1, -0.05) is 18.2 Å². The maximum absolute atomic E-state index is 12.5. The smallest absolute Gasteiger partial charge is 0.317 e. The minimum Gasteiger partial charge on any atom is -0.348 e. The number of likely N-dealkylation sites (tertiary alicyclic amines) is 1. The van der Waals surface area contributed by atoms with Crippen molar-refractivity contribution in [2.24, 2.45) is 0 Å². The highest BCUT2D eigenvalue weighted by Crippen LogP contribution is 2.27. The summed E-state index contributed by atoms with van der Waals surface area (Å²) < 4.78 is 0. The molecule has 1 atom stereocenters. The first-order chi connectivity index (χ1) is 13.5. The largest absolute Gasteiger partial charge is 0.348 e. The van der Waals surface area contributed by atoms with Gasteiger partial charge in [0.15, 0.2) is 0 Å². The van der Waals surface area contributed by atoms with Crippen LogP contribution in [0.25, 0.3) is 0 Å². The van der Waals surface area contributed by atoms with Crippen molar-refractivity contribution in [3.8, 4) is 0 Å². The molecule has 2 heterocycles. The fourth-order valence-corrected chi connectivity index (χ4v) is 3.49. The standard InChI is InChI=1S/C22H28N4O2/c1-16(2)25-22(28)26-11-5-9-20(15-26)18-7-3-8-19(12-18)21(27)24-14-17-6-4-10-23-13-17/h3-4,6-8,10,12-13,16,20H,5,9,11,14-15H2,1-2H3,(H,24,27)(H,25,28)/t20-/m0/s1. The summed E-state index contributed by atoms with van der Waals surface area (Å²) in [5, 5.41) is 5.90. The van der Waals surface area contributed by atoms with Crippen molar-refractivity contribution >= 4 is 11.9 Å². The van der Waals surface area contributed by atoms with Crippen LogP contribution in [-0.2, 0) is 6.54 Å². The summed E-state index contributed by atoms with van der Waals surface area (Å²) in [5.41, 5.74) is 2.72. The maximum Gasteiger partial charge on any atom is 0.317 e. The number of amides is 3. The molecule has 1 aliphatic heterocycles. The molecule has 1 fully saturated rings. The van der Waals surface area contributed by atoms with Gasteiger partial charge in [0.1, 0.15) is 0 Å². The second kappa shape index (κ2) is 9.35. The quantitative estimate of drug-likeness (QED) is 0.836. The monoisotopic (exact) mass is 380 g/mol. The van der Waals surface area contributed by atoms with Crippen LogP contribution in [0.4, 0.5) is 4.79 Å². The van der Waals surface area contributed by atoms with E-state index >= 15 is 0 Å². The third kappa shape index (κ3) is 5.31. The van der Waals surface area contributed by atoms with Crippen molar-refractivity contribution < 1.29 is 9.59 Å². The molecule has 1 aliphatic rings. The molecule has 1 saturated heterocycles. The number of piperidine rings is 1. The summed E-state index contributed by atoms with van der Waals surface area (Å²) in [6.45, 7) is 5.84. The summed E-state index contributed by atoms with van der Waals surface area (Å²) in [6, 6.07) is 11.6. The molecule has 0 spiro atoms. The Hall–Kier alpha value is -2.89. The Balaban J connectivity index is 1.63. The molecule has 0 aliphatic carbocycles. The molecule has 148 valence electrons. The third-order valence-electron chi connectivity index (χ3n) is 4.92. The number of carbonyl (C=O) groups is 2. The van der Waals surface area contributed by atoms with Crippen LogP contribution in [-0.4, -0.2) is 41.0 Å². The lowest BCUT2D eigenvalue weighted by Gasteiger charge is -2.33. The number of urea groups is 1. The predicted octanol–water partition coefficient (Wildman–Crippen LogP) is 3.31. The first-order valence-electron chi connectivity index (χ1n) is 9.85. The van der Waals surface area contributed by atoms with Gasteiger partial charge < -0.3 is 15.5 Å². The summed E-state index contributed by atoms with van der Waals surface area (Å²) in [7, 11) is 0. The molecule has 2 aromatic rings. The van der Waals surface area contributed by atoms with Gasteiger partial charge >= 0.3 is 6.03 Å². The average Bonchev–Trinajstić information content (AvgIpc) is 2.72. The summed E-state index contributed by atoms with van der Waals surface area (Å²) in [4.78, 5) is 30.8. The number of aromatic nitrogens is 1. The first-order valence-corrected chi connectivity index (χ1v) is 9.85. The molecule has 1 aromatic carbocycles. The van der Waals surface area contributed by atoms with E-state index in [9.17, 15) is 9.59 Å². The fourth-order valence-electron chi connectivity index (χ4n) is 3.49. The van der Waals surface area contributed by atoms with Gasteiger partial charge in [-0.25, -0.2) is 4.79 Å². The molecule has 0 unspecified atom stereocenters. The Morgan fingerprint density at radius 3 is 2.86 bits per heavy atom. The van der Waals surface area contributed by atoms with E-state index in [4.69, 9.17) is 0 Å². The van der Waals surface area contributed by atoms with Crippen LogP contribution in [0.15, 0.2) is 48.8 Å². The van der Waals surface area contributed by atoms with Crippen molar-refractivity contribution in [2.75, 3.05) is 13.1 Å². The number of hydrogen-bond donors (Lipinski definition) is 2. The fraction of sp³-hybridized carbons (Fsp3) is 0.409. The number of nitrogens with zero attached hydrogens (tertiary/aromatic N) is 2. The second-order valence-electron chi connectivity index (χ2n) is 7.56. The Bertz CT molecular complexity index is 807. The van der Waals surface area contributed by atoms with E-state index < -0.39 is 0 Å². The van der Waals surface area contributed by atoms with Gasteiger partial charge in [-0.3, -0.25) is 9.78 Å². The van der Waals surface area contributed by atoms with Crippen LogP contribution < -0.4 is 10.6 Å². The predicted molar refractivity (Wildman–Crippen MR) is 109 cm³/mol. The van der Waals surface area contributed by atoms with Gasteiger partial charge in [-0.15, -0.1) is 0 Å². The Morgan fingerprint density at radius 1 is 1.25 bits per heavy atom. The van der Waals surface area contributed by atoms with E-state index in [0.717, 1.165) is 30.5 Å². The highest BCUT2D eigenvalue weighted by Gasteiger charge is 2.25. The van der Waals surface area contributed by atoms with Crippen LogP contribution in [0.3, 0.4) is 0 Å². The molecule has 2 N–H and O–H groups in total. The SMILES string of the molecule is CC(C)NC(=O)N1CCC[C@H](c2cccc(C(=O)NCc3cccnc3)c2)C1. The molecule has 1 aromatic heterocycles. The van der Waals surface area contributed by atoms with Gasteiger partial charge in [0.05, 0.1) is 0 Å². The van der Waals surface area contributed by atoms with E-state index in [1.54, 1.807) is 12.4 Å². The van der Waals surface area contributed by atoms with E-state index in [0.29, 0.717) is 18.7 Å². The lowest BCUT2D eigenvalue weighted by molar-refractivity contribution is 0.0950. The highest BCUT2D eigenvalue weighted by atomic mass is 16.2. The second-order valence-corrected chi connectivity index (χ2v) is 7.56. The van der Waals surface area contributed by atoms with Gasteiger partial charge in [0, 0.05) is 49.6 Å². The normalized spacial score (nSPS) is 16.7. The summed E-state index contributed by atoms with van der Waals surface area (Å²) >= 11 is 0. The van der Waals surface area contributed by atoms with Gasteiger partial charge in [0.2, 0.25) is 0 Å². The number of nitrogens with one attached hydrogen (secondary N) is 2. The van der Waals surface area contributed by atoms with Crippen molar-refractivity contribution in [3.63, 3.8) is 0 Å². The minimum atomic E-state index is -0.101. The number of hydrogen-bond acceptors (Lipinski definition) is 3. The van der Waals surface area contributed by atoms with Gasteiger partial charge in [-0.2, -0.15) is 0 Å². The number of rotatable bonds is 5. The molecular weight excluding hydrogens is 352 g/mol. The molecule has 28 heavy (non-hydrogen) atoms. The molecule has 0 radical (unpaired) electrons. The Labute approximate surface area is 166 Å². The molecule has 0 saturated carbocycles. The Kier molecular flexibility index (Phi) is 6.63. The van der Waals surface area contributed by atoms with Crippen LogP contribution in [0.2, 0.25) is 0 Å².